The number of rotatable bonds is 3. The molecule has 0 unspecified atom stereocenters. The number of amides is 1. The highest BCUT2D eigenvalue weighted by atomic mass is 35.5. The molecule has 0 atom stereocenters. The molecule has 5 nitrogen and oxygen atoms in total. The third-order valence-electron chi connectivity index (χ3n) is 2.93. The summed E-state index contributed by atoms with van der Waals surface area (Å²) in [5.41, 5.74) is 0.781. The minimum absolute atomic E-state index is 0.0618. The third-order valence-corrected chi connectivity index (χ3v) is 3.35. The summed E-state index contributed by atoms with van der Waals surface area (Å²) >= 11 is 11.5. The van der Waals surface area contributed by atoms with Crippen molar-refractivity contribution in [1.29, 1.82) is 0 Å². The summed E-state index contributed by atoms with van der Waals surface area (Å²) < 4.78 is 2.65. The van der Waals surface area contributed by atoms with E-state index in [-0.39, 0.29) is 17.6 Å². The van der Waals surface area contributed by atoms with Gasteiger partial charge in [-0.1, -0.05) is 11.6 Å². The SMILES string of the molecule is CC(C)n1c(=O)n(C(=O)NCCCl)c2cc(Cl)ccc21. The molecular formula is C13H15Cl2N3O2. The Labute approximate surface area is 126 Å². The van der Waals surface area contributed by atoms with Crippen molar-refractivity contribution in [3.05, 3.63) is 33.7 Å². The van der Waals surface area contributed by atoms with Gasteiger partial charge in [-0.3, -0.25) is 4.57 Å². The number of nitrogens with zero attached hydrogens (tertiary/aromatic N) is 2. The third kappa shape index (κ3) is 2.55. The number of fused-ring (bicyclic) bond motifs is 1. The number of nitrogens with one attached hydrogen (secondary N) is 1. The Morgan fingerprint density at radius 1 is 1.35 bits per heavy atom. The summed E-state index contributed by atoms with van der Waals surface area (Å²) in [4.78, 5) is 24.6. The number of carbonyl (C=O) groups excluding carboxylic acids is 1. The van der Waals surface area contributed by atoms with Crippen molar-refractivity contribution in [2.24, 2.45) is 0 Å². The van der Waals surface area contributed by atoms with Crippen molar-refractivity contribution in [3.63, 3.8) is 0 Å². The van der Waals surface area contributed by atoms with Crippen LogP contribution in [0.2, 0.25) is 5.02 Å². The molecule has 0 saturated heterocycles. The minimum Gasteiger partial charge on any atom is -0.336 e. The number of benzene rings is 1. The molecule has 1 heterocycles. The van der Waals surface area contributed by atoms with E-state index >= 15 is 0 Å². The van der Waals surface area contributed by atoms with Crippen LogP contribution < -0.4 is 11.0 Å². The van der Waals surface area contributed by atoms with Crippen LogP contribution in [0.25, 0.3) is 11.0 Å². The molecule has 2 aromatic rings. The molecule has 108 valence electrons. The molecule has 1 aromatic carbocycles. The van der Waals surface area contributed by atoms with Crippen LogP contribution in [0.3, 0.4) is 0 Å². The van der Waals surface area contributed by atoms with Gasteiger partial charge in [-0.2, -0.15) is 0 Å². The van der Waals surface area contributed by atoms with E-state index < -0.39 is 6.03 Å². The predicted octanol–water partition coefficient (Wildman–Crippen LogP) is 2.83. The van der Waals surface area contributed by atoms with E-state index in [0.29, 0.717) is 22.6 Å². The van der Waals surface area contributed by atoms with Crippen molar-refractivity contribution in [2.75, 3.05) is 12.4 Å². The van der Waals surface area contributed by atoms with Crippen LogP contribution in [0.5, 0.6) is 0 Å². The van der Waals surface area contributed by atoms with E-state index in [1.54, 1.807) is 22.8 Å². The summed E-state index contributed by atoms with van der Waals surface area (Å²) in [5.74, 6) is 0.282. The largest absolute Gasteiger partial charge is 0.337 e. The van der Waals surface area contributed by atoms with Gasteiger partial charge in [0.25, 0.3) is 0 Å². The maximum Gasteiger partial charge on any atom is 0.337 e. The van der Waals surface area contributed by atoms with Crippen LogP contribution in [0.15, 0.2) is 23.0 Å². The van der Waals surface area contributed by atoms with E-state index in [4.69, 9.17) is 23.2 Å². The normalized spacial score (nSPS) is 11.2. The zero-order valence-corrected chi connectivity index (χ0v) is 12.7. The molecule has 0 spiro atoms. The predicted molar refractivity (Wildman–Crippen MR) is 81.1 cm³/mol. The number of imidazole rings is 1. The molecule has 0 fully saturated rings. The lowest BCUT2D eigenvalue weighted by molar-refractivity contribution is 0.242. The quantitative estimate of drug-likeness (QED) is 0.885. The molecule has 20 heavy (non-hydrogen) atoms. The van der Waals surface area contributed by atoms with Crippen molar-refractivity contribution in [1.82, 2.24) is 14.5 Å². The lowest BCUT2D eigenvalue weighted by Crippen LogP contribution is -2.38. The van der Waals surface area contributed by atoms with E-state index in [1.807, 2.05) is 13.8 Å². The van der Waals surface area contributed by atoms with Gasteiger partial charge in [0.15, 0.2) is 0 Å². The van der Waals surface area contributed by atoms with E-state index in [0.717, 1.165) is 4.57 Å². The fourth-order valence-electron chi connectivity index (χ4n) is 2.12. The average molecular weight is 316 g/mol. The van der Waals surface area contributed by atoms with Crippen molar-refractivity contribution >= 4 is 40.3 Å². The maximum absolute atomic E-state index is 12.4. The number of halogens is 2. The van der Waals surface area contributed by atoms with Crippen LogP contribution in [-0.2, 0) is 0 Å². The van der Waals surface area contributed by atoms with E-state index in [2.05, 4.69) is 5.32 Å². The summed E-state index contributed by atoms with van der Waals surface area (Å²) in [6, 6.07) is 4.49. The Balaban J connectivity index is 2.69. The van der Waals surface area contributed by atoms with Crippen molar-refractivity contribution in [2.45, 2.75) is 19.9 Å². The second-order valence-corrected chi connectivity index (χ2v) is 5.45. The molecule has 0 aliphatic rings. The average Bonchev–Trinajstić information content (AvgIpc) is 2.67. The molecule has 0 aliphatic carbocycles. The zero-order chi connectivity index (χ0) is 14.9. The van der Waals surface area contributed by atoms with Gasteiger partial charge in [0.05, 0.1) is 11.0 Å². The van der Waals surface area contributed by atoms with Gasteiger partial charge in [0, 0.05) is 23.5 Å². The number of hydrogen-bond donors (Lipinski definition) is 1. The van der Waals surface area contributed by atoms with Gasteiger partial charge < -0.3 is 5.32 Å². The van der Waals surface area contributed by atoms with E-state index in [9.17, 15) is 9.59 Å². The first-order chi connectivity index (χ1) is 9.47. The van der Waals surface area contributed by atoms with Crippen LogP contribution in [0, 0.1) is 0 Å². The lowest BCUT2D eigenvalue weighted by atomic mass is 10.3. The number of hydrogen-bond acceptors (Lipinski definition) is 2. The number of alkyl halides is 1. The van der Waals surface area contributed by atoms with Gasteiger partial charge in [-0.05, 0) is 32.0 Å². The van der Waals surface area contributed by atoms with Gasteiger partial charge in [-0.25, -0.2) is 14.2 Å². The first-order valence-corrected chi connectivity index (χ1v) is 7.15. The Morgan fingerprint density at radius 2 is 2.05 bits per heavy atom. The Bertz CT molecular complexity index is 703. The zero-order valence-electron chi connectivity index (χ0n) is 11.2. The molecule has 1 N–H and O–H groups in total. The molecule has 2 rings (SSSR count). The van der Waals surface area contributed by atoms with Crippen LogP contribution in [-0.4, -0.2) is 27.6 Å². The smallest absolute Gasteiger partial charge is 0.336 e. The molecular weight excluding hydrogens is 301 g/mol. The fourth-order valence-corrected chi connectivity index (χ4v) is 2.38. The summed E-state index contributed by atoms with van der Waals surface area (Å²) in [6.07, 6.45) is 0. The molecule has 0 radical (unpaired) electrons. The molecule has 1 aromatic heterocycles. The number of aromatic nitrogens is 2. The summed E-state index contributed by atoms with van der Waals surface area (Å²) in [7, 11) is 0. The first kappa shape index (κ1) is 14.9. The van der Waals surface area contributed by atoms with Crippen LogP contribution in [0.1, 0.15) is 19.9 Å². The summed E-state index contributed by atoms with van der Waals surface area (Å²) in [5, 5.41) is 3.06. The Hall–Kier alpha value is -1.46. The maximum atomic E-state index is 12.4. The Kier molecular flexibility index (Phi) is 4.40. The van der Waals surface area contributed by atoms with Gasteiger partial charge in [-0.15, -0.1) is 11.6 Å². The summed E-state index contributed by atoms with van der Waals surface area (Å²) in [6.45, 7) is 4.06. The van der Waals surface area contributed by atoms with Gasteiger partial charge >= 0.3 is 11.7 Å². The first-order valence-electron chi connectivity index (χ1n) is 6.24. The highest BCUT2D eigenvalue weighted by Crippen LogP contribution is 2.21. The van der Waals surface area contributed by atoms with Crippen molar-refractivity contribution in [3.8, 4) is 0 Å². The van der Waals surface area contributed by atoms with E-state index in [1.165, 1.54) is 0 Å². The van der Waals surface area contributed by atoms with Gasteiger partial charge in [0.1, 0.15) is 0 Å². The molecule has 0 aliphatic heterocycles. The second-order valence-electron chi connectivity index (χ2n) is 4.64. The topological polar surface area (TPSA) is 56.0 Å². The van der Waals surface area contributed by atoms with Crippen LogP contribution >= 0.6 is 23.2 Å². The molecule has 7 heteroatoms. The lowest BCUT2D eigenvalue weighted by Gasteiger charge is -2.06. The second kappa shape index (κ2) is 5.89. The van der Waals surface area contributed by atoms with Gasteiger partial charge in [0.2, 0.25) is 0 Å². The molecule has 0 saturated carbocycles. The fraction of sp³-hybridized carbons (Fsp3) is 0.385. The minimum atomic E-state index is -0.498. The highest BCUT2D eigenvalue weighted by molar-refractivity contribution is 6.31. The standard InChI is InChI=1S/C13H15Cl2N3O2/c1-8(2)17-10-4-3-9(15)7-11(10)18(13(17)20)12(19)16-6-5-14/h3-4,7-8H,5-6H2,1-2H3,(H,16,19). The number of carbonyl (C=O) groups is 1. The van der Waals surface area contributed by atoms with Crippen LogP contribution in [0.4, 0.5) is 4.79 Å². The molecule has 0 bridgehead atoms. The highest BCUT2D eigenvalue weighted by Gasteiger charge is 2.19. The Morgan fingerprint density at radius 3 is 2.65 bits per heavy atom. The van der Waals surface area contributed by atoms with Crippen molar-refractivity contribution < 1.29 is 4.79 Å². The monoisotopic (exact) mass is 315 g/mol. The molecule has 1 amide bonds.